The Labute approximate surface area is 144 Å². The Morgan fingerprint density at radius 3 is 1.11 bits per heavy atom. The molecule has 2 nitrogen and oxygen atoms in total. The molecule has 0 N–H and O–H groups in total. The van der Waals surface area contributed by atoms with Gasteiger partial charge in [-0.2, -0.15) is 65.9 Å². The number of nitrogens with zero attached hydrogens (tertiary/aromatic N) is 1. The van der Waals surface area contributed by atoms with Crippen LogP contribution in [-0.4, -0.2) is 61.1 Å². The fourth-order valence-electron chi connectivity index (χ4n) is 2.21. The van der Waals surface area contributed by atoms with Gasteiger partial charge in [0.15, 0.2) is 17.8 Å². The summed E-state index contributed by atoms with van der Waals surface area (Å²) in [6.07, 6.45) is -39.2. The standard InChI is InChI=1S/C11H6F15NO/c12-7(13,14)3-1-27(2-4(28-3)8(15,16)17)6(11(24,25)26)5(9(18,19)20)10(21,22)23/h3-4H,1-2H2. The molecule has 0 aromatic heterocycles. The van der Waals surface area contributed by atoms with Crippen LogP contribution in [0.1, 0.15) is 0 Å². The summed E-state index contributed by atoms with van der Waals surface area (Å²) in [4.78, 5) is -1.31. The van der Waals surface area contributed by atoms with Gasteiger partial charge >= 0.3 is 30.9 Å². The number of alkyl halides is 15. The quantitative estimate of drug-likeness (QED) is 0.512. The predicted molar refractivity (Wildman–Crippen MR) is 57.5 cm³/mol. The molecule has 1 heterocycles. The minimum atomic E-state index is -6.79. The first-order valence-corrected chi connectivity index (χ1v) is 6.56. The van der Waals surface area contributed by atoms with Crippen LogP contribution in [-0.2, 0) is 4.74 Å². The van der Waals surface area contributed by atoms with Gasteiger partial charge in [0, 0.05) is 0 Å². The average Bonchev–Trinajstić information content (AvgIpc) is 2.38. The van der Waals surface area contributed by atoms with Gasteiger partial charge in [-0.1, -0.05) is 0 Å². The van der Waals surface area contributed by atoms with Crippen molar-refractivity contribution in [3.05, 3.63) is 11.3 Å². The second kappa shape index (κ2) is 7.05. The second-order valence-electron chi connectivity index (χ2n) is 5.32. The molecule has 17 heteroatoms. The minimum absolute atomic E-state index is 1.31. The summed E-state index contributed by atoms with van der Waals surface area (Å²) in [5.41, 5.74) is -8.00. The van der Waals surface area contributed by atoms with Gasteiger partial charge in [0.25, 0.3) is 0 Å². The topological polar surface area (TPSA) is 12.5 Å². The van der Waals surface area contributed by atoms with E-state index in [1.54, 1.807) is 0 Å². The molecule has 0 amide bonds. The van der Waals surface area contributed by atoms with Crippen molar-refractivity contribution in [3.8, 4) is 0 Å². The zero-order valence-corrected chi connectivity index (χ0v) is 12.6. The van der Waals surface area contributed by atoms with Crippen molar-refractivity contribution in [3.63, 3.8) is 0 Å². The van der Waals surface area contributed by atoms with Crippen molar-refractivity contribution >= 4 is 0 Å². The van der Waals surface area contributed by atoms with Crippen LogP contribution in [0.5, 0.6) is 0 Å². The van der Waals surface area contributed by atoms with Crippen LogP contribution in [0.25, 0.3) is 0 Å². The molecule has 1 aliphatic heterocycles. The van der Waals surface area contributed by atoms with E-state index in [0.29, 0.717) is 0 Å². The lowest BCUT2D eigenvalue weighted by Crippen LogP contribution is -2.58. The molecule has 166 valence electrons. The molecular formula is C11H6F15NO. The van der Waals surface area contributed by atoms with E-state index in [-0.39, 0.29) is 0 Å². The number of hydrogen-bond donors (Lipinski definition) is 0. The summed E-state index contributed by atoms with van der Waals surface area (Å²) in [5, 5.41) is 0. The van der Waals surface area contributed by atoms with E-state index in [1.807, 2.05) is 0 Å². The fraction of sp³-hybridized carbons (Fsp3) is 0.818. The molecule has 0 aromatic rings. The van der Waals surface area contributed by atoms with E-state index in [9.17, 15) is 65.9 Å². The van der Waals surface area contributed by atoms with Gasteiger partial charge in [0.05, 0.1) is 13.1 Å². The van der Waals surface area contributed by atoms with E-state index in [0.717, 1.165) is 0 Å². The molecule has 0 saturated carbocycles. The third-order valence-corrected chi connectivity index (χ3v) is 3.22. The molecule has 1 saturated heterocycles. The number of ether oxygens (including phenoxy) is 1. The number of halogens is 15. The molecule has 0 bridgehead atoms. The molecule has 0 aliphatic carbocycles. The maximum absolute atomic E-state index is 13.0. The molecule has 0 radical (unpaired) electrons. The second-order valence-corrected chi connectivity index (χ2v) is 5.32. The van der Waals surface area contributed by atoms with E-state index < -0.39 is 72.3 Å². The molecule has 1 rings (SSSR count). The summed E-state index contributed by atoms with van der Waals surface area (Å²) < 4.78 is 194. The third kappa shape index (κ3) is 5.73. The molecular weight excluding hydrogens is 447 g/mol. The summed E-state index contributed by atoms with van der Waals surface area (Å²) in [5.74, 6) is 0. The summed E-state index contributed by atoms with van der Waals surface area (Å²) >= 11 is 0. The summed E-state index contributed by atoms with van der Waals surface area (Å²) in [7, 11) is 0. The Morgan fingerprint density at radius 2 is 0.893 bits per heavy atom. The number of allylic oxidation sites excluding steroid dienone is 2. The molecule has 28 heavy (non-hydrogen) atoms. The van der Waals surface area contributed by atoms with Gasteiger partial charge < -0.3 is 9.64 Å². The van der Waals surface area contributed by atoms with Crippen LogP contribution in [0, 0.1) is 0 Å². The average molecular weight is 453 g/mol. The first kappa shape index (κ1) is 24.5. The zero-order chi connectivity index (χ0) is 22.5. The highest BCUT2D eigenvalue weighted by atomic mass is 19.4. The lowest BCUT2D eigenvalue weighted by Gasteiger charge is -2.42. The number of hydrogen-bond acceptors (Lipinski definition) is 2. The van der Waals surface area contributed by atoms with Gasteiger partial charge in [-0.3, -0.25) is 0 Å². The molecule has 1 fully saturated rings. The van der Waals surface area contributed by atoms with Crippen molar-refractivity contribution < 1.29 is 70.6 Å². The third-order valence-electron chi connectivity index (χ3n) is 3.22. The normalized spacial score (nSPS) is 23.0. The monoisotopic (exact) mass is 453 g/mol. The Hall–Kier alpha value is -1.55. The van der Waals surface area contributed by atoms with Crippen LogP contribution < -0.4 is 0 Å². The van der Waals surface area contributed by atoms with Gasteiger partial charge in [-0.25, -0.2) is 0 Å². The Bertz CT molecular complexity index is 552. The zero-order valence-electron chi connectivity index (χ0n) is 12.6. The predicted octanol–water partition coefficient (Wildman–Crippen LogP) is 5.12. The van der Waals surface area contributed by atoms with Gasteiger partial charge in [0.2, 0.25) is 0 Å². The van der Waals surface area contributed by atoms with E-state index in [4.69, 9.17) is 0 Å². The molecule has 1 aliphatic rings. The maximum atomic E-state index is 13.0. The summed E-state index contributed by atoms with van der Waals surface area (Å²) in [6.45, 7) is -4.75. The van der Waals surface area contributed by atoms with Gasteiger partial charge in [-0.15, -0.1) is 0 Å². The van der Waals surface area contributed by atoms with Crippen LogP contribution in [0.3, 0.4) is 0 Å². The summed E-state index contributed by atoms with van der Waals surface area (Å²) in [6, 6.07) is 0. The molecule has 0 spiro atoms. The Kier molecular flexibility index (Phi) is 6.17. The number of rotatable bonds is 1. The SMILES string of the molecule is FC(F)(F)C(=C(C(F)(F)F)C(F)(F)F)N1CC(C(F)(F)F)OC(C(F)(F)F)C1. The first-order chi connectivity index (χ1) is 12.1. The van der Waals surface area contributed by atoms with Crippen molar-refractivity contribution in [2.45, 2.75) is 43.1 Å². The van der Waals surface area contributed by atoms with Crippen LogP contribution in [0.4, 0.5) is 65.9 Å². The van der Waals surface area contributed by atoms with Crippen LogP contribution in [0.15, 0.2) is 11.3 Å². The fourth-order valence-corrected chi connectivity index (χ4v) is 2.21. The largest absolute Gasteiger partial charge is 0.431 e. The molecule has 0 aromatic carbocycles. The first-order valence-electron chi connectivity index (χ1n) is 6.56. The highest BCUT2D eigenvalue weighted by Crippen LogP contribution is 2.47. The van der Waals surface area contributed by atoms with Crippen LogP contribution in [0.2, 0.25) is 0 Å². The highest BCUT2D eigenvalue weighted by Gasteiger charge is 2.61. The lowest BCUT2D eigenvalue weighted by atomic mass is 10.1. The highest BCUT2D eigenvalue weighted by molar-refractivity contribution is 5.27. The van der Waals surface area contributed by atoms with Crippen molar-refractivity contribution in [2.24, 2.45) is 0 Å². The van der Waals surface area contributed by atoms with Crippen LogP contribution >= 0.6 is 0 Å². The molecule has 2 atom stereocenters. The minimum Gasteiger partial charge on any atom is -0.361 e. The van der Waals surface area contributed by atoms with E-state index in [1.165, 1.54) is 0 Å². The van der Waals surface area contributed by atoms with Gasteiger partial charge in [0.1, 0.15) is 5.70 Å². The van der Waals surface area contributed by atoms with Gasteiger partial charge in [-0.05, 0) is 0 Å². The van der Waals surface area contributed by atoms with E-state index >= 15 is 0 Å². The lowest BCUT2D eigenvalue weighted by molar-refractivity contribution is -0.308. The Morgan fingerprint density at radius 1 is 0.571 bits per heavy atom. The van der Waals surface area contributed by atoms with Crippen molar-refractivity contribution in [1.82, 2.24) is 4.90 Å². The maximum Gasteiger partial charge on any atom is 0.431 e. The van der Waals surface area contributed by atoms with E-state index in [2.05, 4.69) is 4.74 Å². The molecule has 2 unspecified atom stereocenters. The number of morpholine rings is 1. The smallest absolute Gasteiger partial charge is 0.361 e. The van der Waals surface area contributed by atoms with Crippen molar-refractivity contribution in [1.29, 1.82) is 0 Å². The Balaban J connectivity index is 3.71. The van der Waals surface area contributed by atoms with Crippen molar-refractivity contribution in [2.75, 3.05) is 13.1 Å².